The first kappa shape index (κ1) is 19.6. The average molecular weight is 399 g/mol. The Hall–Kier alpha value is -1.75. The molecule has 0 heterocycles. The molecular weight excluding hydrogens is 381 g/mol. The maximum atomic E-state index is 12.4. The first-order valence-electron chi connectivity index (χ1n) is 7.84. The molecular formula is C18H18Cl3N3O. The van der Waals surface area contributed by atoms with Crippen LogP contribution in [0.25, 0.3) is 0 Å². The molecule has 0 spiro atoms. The minimum atomic E-state index is -0.0885. The monoisotopic (exact) mass is 397 g/mol. The third-order valence-electron chi connectivity index (χ3n) is 3.34. The predicted molar refractivity (Wildman–Crippen MR) is 106 cm³/mol. The number of carbonyl (C=O) groups excluding carboxylic acids is 1. The molecule has 0 aromatic heterocycles. The molecule has 7 heteroatoms. The maximum Gasteiger partial charge on any atom is 0.199 e. The van der Waals surface area contributed by atoms with E-state index in [1.807, 2.05) is 6.92 Å². The van der Waals surface area contributed by atoms with E-state index in [-0.39, 0.29) is 11.6 Å². The number of benzene rings is 2. The molecule has 0 unspecified atom stereocenters. The number of nitrogens with one attached hydrogen (secondary N) is 2. The number of unbranched alkanes of at least 4 members (excludes halogenated alkanes) is 1. The van der Waals surface area contributed by atoms with Gasteiger partial charge in [0, 0.05) is 11.4 Å². The van der Waals surface area contributed by atoms with Crippen LogP contribution >= 0.6 is 34.8 Å². The highest BCUT2D eigenvalue weighted by Crippen LogP contribution is 2.26. The average Bonchev–Trinajstić information content (AvgIpc) is 2.61. The molecule has 0 aliphatic heterocycles. The summed E-state index contributed by atoms with van der Waals surface area (Å²) in [5, 5.41) is 1.45. The largest absolute Gasteiger partial charge is 0.300 e. The van der Waals surface area contributed by atoms with Crippen LogP contribution < -0.4 is 10.9 Å². The number of ketones is 1. The van der Waals surface area contributed by atoms with Crippen LogP contribution in [0.3, 0.4) is 0 Å². The summed E-state index contributed by atoms with van der Waals surface area (Å²) in [4.78, 5) is 16.8. The normalized spacial score (nSPS) is 11.3. The van der Waals surface area contributed by atoms with Gasteiger partial charge in [0.1, 0.15) is 0 Å². The number of hydrogen-bond acceptors (Lipinski definition) is 3. The number of carbonyl (C=O) groups is 1. The fourth-order valence-corrected chi connectivity index (χ4v) is 2.38. The van der Waals surface area contributed by atoms with E-state index in [0.29, 0.717) is 27.2 Å². The molecule has 4 nitrogen and oxygen atoms in total. The third-order valence-corrected chi connectivity index (χ3v) is 4.33. The molecule has 132 valence electrons. The van der Waals surface area contributed by atoms with E-state index in [4.69, 9.17) is 34.8 Å². The van der Waals surface area contributed by atoms with Crippen molar-refractivity contribution in [3.05, 3.63) is 57.5 Å². The summed E-state index contributed by atoms with van der Waals surface area (Å²) in [7, 11) is 0. The van der Waals surface area contributed by atoms with Gasteiger partial charge in [-0.05, 0) is 48.9 Å². The molecule has 0 bridgehead atoms. The van der Waals surface area contributed by atoms with Gasteiger partial charge in [0.25, 0.3) is 0 Å². The van der Waals surface area contributed by atoms with Gasteiger partial charge in [-0.25, -0.2) is 4.99 Å². The van der Waals surface area contributed by atoms with Gasteiger partial charge in [0.2, 0.25) is 0 Å². The highest BCUT2D eigenvalue weighted by atomic mass is 35.5. The lowest BCUT2D eigenvalue weighted by molar-refractivity contribution is -0.113. The van der Waals surface area contributed by atoms with Gasteiger partial charge in [-0.1, -0.05) is 48.1 Å². The van der Waals surface area contributed by atoms with Crippen molar-refractivity contribution in [1.82, 2.24) is 5.43 Å². The lowest BCUT2D eigenvalue weighted by Crippen LogP contribution is -2.35. The van der Waals surface area contributed by atoms with Gasteiger partial charge >= 0.3 is 0 Å². The summed E-state index contributed by atoms with van der Waals surface area (Å²) in [6.07, 6.45) is 2.13. The smallest absolute Gasteiger partial charge is 0.199 e. The van der Waals surface area contributed by atoms with Crippen molar-refractivity contribution < 1.29 is 4.79 Å². The van der Waals surface area contributed by atoms with E-state index < -0.39 is 0 Å². The second-order valence-corrected chi connectivity index (χ2v) is 6.59. The second kappa shape index (κ2) is 9.66. The Kier molecular flexibility index (Phi) is 7.56. The van der Waals surface area contributed by atoms with Crippen LogP contribution in [0.5, 0.6) is 0 Å². The molecule has 2 N–H and O–H groups in total. The van der Waals surface area contributed by atoms with Crippen molar-refractivity contribution in [2.24, 2.45) is 4.99 Å². The zero-order chi connectivity index (χ0) is 18.2. The van der Waals surface area contributed by atoms with Crippen LogP contribution in [0, 0.1) is 0 Å². The fraction of sp³-hybridized carbons (Fsp3) is 0.222. The first-order chi connectivity index (χ1) is 12.0. The van der Waals surface area contributed by atoms with Crippen molar-refractivity contribution in [1.29, 1.82) is 0 Å². The van der Waals surface area contributed by atoms with Crippen LogP contribution in [0.2, 0.25) is 15.1 Å². The quantitative estimate of drug-likeness (QED) is 0.339. The minimum Gasteiger partial charge on any atom is -0.300 e. The molecule has 0 fully saturated rings. The number of hydrogen-bond donors (Lipinski definition) is 2. The Morgan fingerprint density at radius 3 is 2.40 bits per heavy atom. The third kappa shape index (κ3) is 6.24. The summed E-state index contributed by atoms with van der Waals surface area (Å²) in [5.74, 6) is 0.121. The highest BCUT2D eigenvalue weighted by molar-refractivity contribution is 6.42. The Bertz CT molecular complexity index is 761. The standard InChI is InChI=1S/C18H18Cl3N3O/c1-2-3-4-17(25)18(22-14-9-10-15(20)16(21)11-14)24-23-13-7-5-12(19)6-8-13/h5-11,23H,2-4H2,1H3,(H,22,24). The lowest BCUT2D eigenvalue weighted by atomic mass is 10.2. The van der Waals surface area contributed by atoms with Crippen LogP contribution in [-0.4, -0.2) is 11.6 Å². The second-order valence-electron chi connectivity index (χ2n) is 5.34. The summed E-state index contributed by atoms with van der Waals surface area (Å²) in [5.41, 5.74) is 7.13. The van der Waals surface area contributed by atoms with E-state index in [0.717, 1.165) is 18.5 Å². The molecule has 2 aromatic carbocycles. The SMILES string of the molecule is CCCCC(=O)C(=Nc1ccc(Cl)c(Cl)c1)NNc1ccc(Cl)cc1. The van der Waals surface area contributed by atoms with Gasteiger partial charge in [0.15, 0.2) is 11.6 Å². The van der Waals surface area contributed by atoms with Crippen molar-refractivity contribution in [2.45, 2.75) is 26.2 Å². The number of amidine groups is 1. The van der Waals surface area contributed by atoms with Crippen LogP contribution in [-0.2, 0) is 4.79 Å². The number of nitrogens with zero attached hydrogens (tertiary/aromatic N) is 1. The van der Waals surface area contributed by atoms with Crippen molar-refractivity contribution in [2.75, 3.05) is 5.43 Å². The van der Waals surface area contributed by atoms with E-state index in [1.54, 1.807) is 42.5 Å². The van der Waals surface area contributed by atoms with Crippen LogP contribution in [0.1, 0.15) is 26.2 Å². The number of rotatable bonds is 7. The van der Waals surface area contributed by atoms with Gasteiger partial charge in [0.05, 0.1) is 21.4 Å². The topological polar surface area (TPSA) is 53.5 Å². The molecule has 2 rings (SSSR count). The van der Waals surface area contributed by atoms with E-state index in [1.165, 1.54) is 0 Å². The molecule has 0 atom stereocenters. The van der Waals surface area contributed by atoms with Crippen LogP contribution in [0.15, 0.2) is 47.5 Å². The number of anilines is 1. The molecule has 0 amide bonds. The van der Waals surface area contributed by atoms with Gasteiger partial charge in [-0.15, -0.1) is 0 Å². The minimum absolute atomic E-state index is 0.0885. The molecule has 25 heavy (non-hydrogen) atoms. The molecule has 0 radical (unpaired) electrons. The van der Waals surface area contributed by atoms with Crippen LogP contribution in [0.4, 0.5) is 11.4 Å². The maximum absolute atomic E-state index is 12.4. The molecule has 0 saturated heterocycles. The van der Waals surface area contributed by atoms with Gasteiger partial charge in [-0.3, -0.25) is 15.6 Å². The van der Waals surface area contributed by atoms with E-state index in [2.05, 4.69) is 15.8 Å². The summed E-state index contributed by atoms with van der Waals surface area (Å²) in [6.45, 7) is 2.03. The number of aliphatic imine (C=N–C) groups is 1. The van der Waals surface area contributed by atoms with Gasteiger partial charge < -0.3 is 0 Å². The van der Waals surface area contributed by atoms with E-state index in [9.17, 15) is 4.79 Å². The van der Waals surface area contributed by atoms with Crippen molar-refractivity contribution >= 4 is 57.8 Å². The van der Waals surface area contributed by atoms with E-state index >= 15 is 0 Å². The summed E-state index contributed by atoms with van der Waals surface area (Å²) in [6, 6.07) is 12.0. The Morgan fingerprint density at radius 2 is 1.76 bits per heavy atom. The fourth-order valence-electron chi connectivity index (χ4n) is 1.96. The molecule has 0 aliphatic rings. The Morgan fingerprint density at radius 1 is 1.04 bits per heavy atom. The zero-order valence-electron chi connectivity index (χ0n) is 13.7. The lowest BCUT2D eigenvalue weighted by Gasteiger charge is -2.12. The Labute approximate surface area is 162 Å². The van der Waals surface area contributed by atoms with Gasteiger partial charge in [-0.2, -0.15) is 0 Å². The number of hydrazine groups is 1. The first-order valence-corrected chi connectivity index (χ1v) is 8.97. The Balaban J connectivity index is 2.19. The number of Topliss-reactive ketones (excluding diaryl/α,β-unsaturated/α-hetero) is 1. The van der Waals surface area contributed by atoms with Crippen molar-refractivity contribution in [3.8, 4) is 0 Å². The summed E-state index contributed by atoms with van der Waals surface area (Å²) >= 11 is 17.8. The molecule has 0 saturated carbocycles. The predicted octanol–water partition coefficient (Wildman–Crippen LogP) is 6.05. The zero-order valence-corrected chi connectivity index (χ0v) is 15.9. The molecule has 0 aliphatic carbocycles. The number of halogens is 3. The highest BCUT2D eigenvalue weighted by Gasteiger charge is 2.12. The summed E-state index contributed by atoms with van der Waals surface area (Å²) < 4.78 is 0. The van der Waals surface area contributed by atoms with Crippen molar-refractivity contribution in [3.63, 3.8) is 0 Å². The molecule has 2 aromatic rings.